The van der Waals surface area contributed by atoms with E-state index in [9.17, 15) is 4.79 Å². The Morgan fingerprint density at radius 1 is 1.39 bits per heavy atom. The second kappa shape index (κ2) is 6.98. The molecule has 0 bridgehead atoms. The number of anilines is 1. The van der Waals surface area contributed by atoms with E-state index in [-0.39, 0.29) is 12.5 Å². The van der Waals surface area contributed by atoms with E-state index < -0.39 is 0 Å². The van der Waals surface area contributed by atoms with Crippen molar-refractivity contribution >= 4 is 23.2 Å². The first-order valence-corrected chi connectivity index (χ1v) is 7.83. The summed E-state index contributed by atoms with van der Waals surface area (Å²) >= 11 is 6.19. The number of halogens is 1. The van der Waals surface area contributed by atoms with Gasteiger partial charge in [0, 0.05) is 11.9 Å². The monoisotopic (exact) mass is 332 g/mol. The molecule has 1 aliphatic carbocycles. The summed E-state index contributed by atoms with van der Waals surface area (Å²) in [4.78, 5) is 16.5. The van der Waals surface area contributed by atoms with Gasteiger partial charge in [-0.05, 0) is 43.0 Å². The molecule has 0 aliphatic heterocycles. The number of pyridine rings is 1. The third-order valence-corrected chi connectivity index (χ3v) is 3.93. The van der Waals surface area contributed by atoms with Crippen LogP contribution in [0.25, 0.3) is 0 Å². The minimum atomic E-state index is -0.350. The third-order valence-electron chi connectivity index (χ3n) is 3.61. The molecule has 6 heteroatoms. The van der Waals surface area contributed by atoms with Gasteiger partial charge in [-0.1, -0.05) is 17.7 Å². The van der Waals surface area contributed by atoms with Gasteiger partial charge >= 0.3 is 0 Å². The summed E-state index contributed by atoms with van der Waals surface area (Å²) in [7, 11) is 0. The highest BCUT2D eigenvalue weighted by Crippen LogP contribution is 2.32. The Kier molecular flexibility index (Phi) is 4.79. The predicted molar refractivity (Wildman–Crippen MR) is 87.8 cm³/mol. The van der Waals surface area contributed by atoms with Crippen LogP contribution in [0.4, 0.5) is 5.69 Å². The van der Waals surface area contributed by atoms with E-state index >= 15 is 0 Å². The van der Waals surface area contributed by atoms with Crippen LogP contribution in [0.2, 0.25) is 5.02 Å². The Morgan fingerprint density at radius 3 is 2.96 bits per heavy atom. The summed E-state index contributed by atoms with van der Waals surface area (Å²) in [6, 6.07) is 8.43. The molecule has 1 fully saturated rings. The van der Waals surface area contributed by atoms with Crippen LogP contribution in [-0.4, -0.2) is 22.6 Å². The Balaban J connectivity index is 1.79. The summed E-state index contributed by atoms with van der Waals surface area (Å²) in [5, 5.41) is 12.2. The maximum Gasteiger partial charge on any atom is 0.260 e. The smallest absolute Gasteiger partial charge is 0.260 e. The number of aromatic nitrogens is 1. The highest BCUT2D eigenvalue weighted by molar-refractivity contribution is 6.34. The molecule has 1 aliphatic rings. The molecule has 1 saturated carbocycles. The zero-order chi connectivity index (χ0) is 16.2. The lowest BCUT2D eigenvalue weighted by molar-refractivity contribution is 0.102. The molecule has 0 unspecified atom stereocenters. The van der Waals surface area contributed by atoms with Gasteiger partial charge in [-0.15, -0.1) is 0 Å². The van der Waals surface area contributed by atoms with Gasteiger partial charge in [0.2, 0.25) is 0 Å². The number of carbonyl (C=O) groups excluding carboxylic acids is 1. The molecular formula is C17H17ClN2O3. The van der Waals surface area contributed by atoms with Crippen molar-refractivity contribution in [3.05, 3.63) is 52.8 Å². The van der Waals surface area contributed by atoms with E-state index in [0.29, 0.717) is 40.2 Å². The summed E-state index contributed by atoms with van der Waals surface area (Å²) < 4.78 is 5.75. The first-order valence-electron chi connectivity index (χ1n) is 7.46. The van der Waals surface area contributed by atoms with Crippen molar-refractivity contribution in [1.82, 2.24) is 4.98 Å². The lowest BCUT2D eigenvalue weighted by Crippen LogP contribution is -2.15. The second-order valence-electron chi connectivity index (χ2n) is 5.52. The van der Waals surface area contributed by atoms with Gasteiger partial charge in [0.15, 0.2) is 0 Å². The Bertz CT molecular complexity index is 717. The summed E-state index contributed by atoms with van der Waals surface area (Å²) in [5.41, 5.74) is 1.34. The van der Waals surface area contributed by atoms with Gasteiger partial charge in [0.25, 0.3) is 5.91 Å². The number of ether oxygens (including phenoxy) is 1. The molecule has 1 amide bonds. The molecule has 3 rings (SSSR count). The maximum atomic E-state index is 12.6. The van der Waals surface area contributed by atoms with Crippen LogP contribution in [0.3, 0.4) is 0 Å². The second-order valence-corrected chi connectivity index (χ2v) is 5.92. The van der Waals surface area contributed by atoms with Crippen molar-refractivity contribution in [2.24, 2.45) is 5.92 Å². The molecule has 0 saturated heterocycles. The van der Waals surface area contributed by atoms with Crippen LogP contribution in [-0.2, 0) is 6.61 Å². The topological polar surface area (TPSA) is 71.5 Å². The number of aliphatic hydroxyl groups excluding tert-OH is 1. The van der Waals surface area contributed by atoms with Gasteiger partial charge in [0.1, 0.15) is 11.3 Å². The van der Waals surface area contributed by atoms with Gasteiger partial charge in [-0.2, -0.15) is 0 Å². The van der Waals surface area contributed by atoms with E-state index in [2.05, 4.69) is 10.3 Å². The number of nitrogens with one attached hydrogen (secondary N) is 1. The van der Waals surface area contributed by atoms with Gasteiger partial charge in [-0.25, -0.2) is 0 Å². The Hall–Kier alpha value is -2.11. The van der Waals surface area contributed by atoms with Crippen LogP contribution in [0.5, 0.6) is 5.75 Å². The number of benzene rings is 1. The number of nitrogens with zero attached hydrogens (tertiary/aromatic N) is 1. The number of amides is 1. The van der Waals surface area contributed by atoms with Crippen molar-refractivity contribution in [3.8, 4) is 5.75 Å². The molecule has 5 nitrogen and oxygen atoms in total. The average Bonchev–Trinajstić information content (AvgIpc) is 3.37. The summed E-state index contributed by atoms with van der Waals surface area (Å²) in [5.74, 6) is 0.715. The first kappa shape index (κ1) is 15.8. The van der Waals surface area contributed by atoms with Crippen molar-refractivity contribution in [2.75, 3.05) is 11.9 Å². The van der Waals surface area contributed by atoms with Gasteiger partial charge < -0.3 is 15.2 Å². The zero-order valence-electron chi connectivity index (χ0n) is 12.5. The molecule has 1 heterocycles. The molecule has 0 atom stereocenters. The lowest BCUT2D eigenvalue weighted by atomic mass is 10.1. The molecule has 0 spiro atoms. The zero-order valence-corrected chi connectivity index (χ0v) is 13.2. The first-order chi connectivity index (χ1) is 11.2. The van der Waals surface area contributed by atoms with Crippen molar-refractivity contribution in [3.63, 3.8) is 0 Å². The molecule has 2 N–H and O–H groups in total. The van der Waals surface area contributed by atoms with E-state index in [1.54, 1.807) is 30.3 Å². The fourth-order valence-corrected chi connectivity index (χ4v) is 2.42. The van der Waals surface area contributed by atoms with Crippen molar-refractivity contribution in [1.29, 1.82) is 0 Å². The van der Waals surface area contributed by atoms with E-state index in [0.717, 1.165) is 0 Å². The predicted octanol–water partition coefficient (Wildman–Crippen LogP) is 3.27. The minimum absolute atomic E-state index is 0.189. The van der Waals surface area contributed by atoms with Crippen LogP contribution in [0.1, 0.15) is 28.9 Å². The highest BCUT2D eigenvalue weighted by Gasteiger charge is 2.24. The molecule has 1 aromatic heterocycles. The fourth-order valence-electron chi connectivity index (χ4n) is 2.17. The third kappa shape index (κ3) is 4.00. The molecular weight excluding hydrogens is 316 g/mol. The molecule has 0 radical (unpaired) electrons. The fraction of sp³-hybridized carbons (Fsp3) is 0.294. The highest BCUT2D eigenvalue weighted by atomic mass is 35.5. The largest absolute Gasteiger partial charge is 0.492 e. The van der Waals surface area contributed by atoms with Gasteiger partial charge in [-0.3, -0.25) is 9.78 Å². The van der Waals surface area contributed by atoms with E-state index in [1.165, 1.54) is 19.0 Å². The normalized spacial score (nSPS) is 13.7. The van der Waals surface area contributed by atoms with Crippen LogP contribution in [0, 0.1) is 5.92 Å². The number of rotatable bonds is 6. The SMILES string of the molecule is O=C(Nc1ccnc(CO)c1)c1c(Cl)cccc1OCC1CC1. The van der Waals surface area contributed by atoms with E-state index in [4.69, 9.17) is 21.4 Å². The van der Waals surface area contributed by atoms with Crippen LogP contribution < -0.4 is 10.1 Å². The minimum Gasteiger partial charge on any atom is -0.492 e. The summed E-state index contributed by atoms with van der Waals surface area (Å²) in [6.07, 6.45) is 3.87. The van der Waals surface area contributed by atoms with Crippen molar-refractivity contribution in [2.45, 2.75) is 19.4 Å². The van der Waals surface area contributed by atoms with Crippen LogP contribution in [0.15, 0.2) is 36.5 Å². The van der Waals surface area contributed by atoms with Crippen molar-refractivity contribution < 1.29 is 14.6 Å². The lowest BCUT2D eigenvalue weighted by Gasteiger charge is -2.13. The Labute approximate surface area is 139 Å². The number of hydrogen-bond acceptors (Lipinski definition) is 4. The maximum absolute atomic E-state index is 12.6. The molecule has 2 aromatic rings. The quantitative estimate of drug-likeness (QED) is 0.851. The number of carbonyl (C=O) groups is 1. The number of aliphatic hydroxyl groups is 1. The Morgan fingerprint density at radius 2 is 2.22 bits per heavy atom. The molecule has 120 valence electrons. The standard InChI is InChI=1S/C17H17ClN2O3/c18-14-2-1-3-15(23-10-11-4-5-11)16(14)17(22)20-12-6-7-19-13(8-12)9-21/h1-3,6-8,11,21H,4-5,9-10H2,(H,19,20,22). The molecule has 23 heavy (non-hydrogen) atoms. The molecule has 1 aromatic carbocycles. The van der Waals surface area contributed by atoms with E-state index in [1.807, 2.05) is 0 Å². The number of hydrogen-bond donors (Lipinski definition) is 2. The van der Waals surface area contributed by atoms with Crippen LogP contribution >= 0.6 is 11.6 Å². The van der Waals surface area contributed by atoms with Gasteiger partial charge in [0.05, 0.1) is 23.9 Å². The average molecular weight is 333 g/mol. The summed E-state index contributed by atoms with van der Waals surface area (Å²) in [6.45, 7) is 0.413.